The predicted molar refractivity (Wildman–Crippen MR) is 119 cm³/mol. The number of rotatable bonds is 4. The maximum atomic E-state index is 4.87. The van der Waals surface area contributed by atoms with Gasteiger partial charge in [-0.05, 0) is 42.3 Å². The molecule has 4 rings (SSSR count). The highest BCUT2D eigenvalue weighted by molar-refractivity contribution is 5.96. The van der Waals surface area contributed by atoms with Crippen LogP contribution in [0.15, 0.2) is 84.9 Å². The number of benzene rings is 3. The van der Waals surface area contributed by atoms with Gasteiger partial charge in [0.1, 0.15) is 0 Å². The number of fused-ring (bicyclic) bond motifs is 1. The lowest BCUT2D eigenvalue weighted by Gasteiger charge is -2.12. The van der Waals surface area contributed by atoms with Crippen LogP contribution in [0, 0.1) is 6.92 Å². The molecule has 1 heterocycles. The van der Waals surface area contributed by atoms with Crippen molar-refractivity contribution in [2.45, 2.75) is 6.92 Å². The van der Waals surface area contributed by atoms with Crippen LogP contribution in [0.25, 0.3) is 23.1 Å². The molecule has 27 heavy (non-hydrogen) atoms. The van der Waals surface area contributed by atoms with Gasteiger partial charge in [0.05, 0.1) is 16.9 Å². The smallest absolute Gasteiger partial charge is 0.0759 e. The van der Waals surface area contributed by atoms with Crippen LogP contribution in [0.2, 0.25) is 0 Å². The van der Waals surface area contributed by atoms with Gasteiger partial charge < -0.3 is 5.32 Å². The van der Waals surface area contributed by atoms with E-state index in [4.69, 9.17) is 4.98 Å². The molecule has 1 N–H and O–H groups in total. The maximum absolute atomic E-state index is 4.87. The number of hydrogen-bond donors (Lipinski definition) is 1. The van der Waals surface area contributed by atoms with E-state index < -0.39 is 0 Å². The van der Waals surface area contributed by atoms with Gasteiger partial charge in [-0.15, -0.1) is 12.4 Å². The standard InChI is InChI=1S/C24H20N2.ClH/c1-18-9-8-14-22-23(25-20-12-6-3-7-13-20)17-21(26-24(18)22)16-15-19-10-4-2-5-11-19;/h2-17H,1H3,(H,25,26);1H/b16-15+;. The molecule has 0 fully saturated rings. The van der Waals surface area contributed by atoms with Gasteiger partial charge in [0.15, 0.2) is 0 Å². The Morgan fingerprint density at radius 1 is 0.778 bits per heavy atom. The number of halogens is 1. The number of nitrogens with zero attached hydrogens (tertiary/aromatic N) is 1. The molecule has 0 unspecified atom stereocenters. The fourth-order valence-corrected chi connectivity index (χ4v) is 3.02. The lowest BCUT2D eigenvalue weighted by Crippen LogP contribution is -1.95. The monoisotopic (exact) mass is 372 g/mol. The van der Waals surface area contributed by atoms with E-state index >= 15 is 0 Å². The molecule has 4 aromatic rings. The van der Waals surface area contributed by atoms with Gasteiger partial charge in [0.25, 0.3) is 0 Å². The molecule has 0 aliphatic carbocycles. The third-order valence-corrected chi connectivity index (χ3v) is 4.36. The summed E-state index contributed by atoms with van der Waals surface area (Å²) in [6.07, 6.45) is 4.16. The van der Waals surface area contributed by atoms with E-state index in [1.165, 1.54) is 5.56 Å². The van der Waals surface area contributed by atoms with Crippen molar-refractivity contribution < 1.29 is 0 Å². The van der Waals surface area contributed by atoms with Crippen LogP contribution in [0.5, 0.6) is 0 Å². The molecule has 0 saturated carbocycles. The number of hydrogen-bond acceptors (Lipinski definition) is 2. The van der Waals surface area contributed by atoms with Crippen molar-refractivity contribution in [1.29, 1.82) is 0 Å². The van der Waals surface area contributed by atoms with E-state index in [0.29, 0.717) is 0 Å². The van der Waals surface area contributed by atoms with Gasteiger partial charge in [-0.1, -0.05) is 72.8 Å². The van der Waals surface area contributed by atoms with Crippen molar-refractivity contribution in [3.63, 3.8) is 0 Å². The van der Waals surface area contributed by atoms with Crippen molar-refractivity contribution >= 4 is 46.8 Å². The summed E-state index contributed by atoms with van der Waals surface area (Å²) in [7, 11) is 0. The summed E-state index contributed by atoms with van der Waals surface area (Å²) in [6, 6.07) is 28.9. The Kier molecular flexibility index (Phi) is 5.90. The SMILES string of the molecule is Cc1cccc2c(Nc3ccccc3)cc(/C=C/c3ccccc3)nc12.Cl. The Morgan fingerprint density at radius 3 is 2.22 bits per heavy atom. The van der Waals surface area contributed by atoms with E-state index in [0.717, 1.165) is 33.5 Å². The molecule has 3 heteroatoms. The van der Waals surface area contributed by atoms with Gasteiger partial charge in [-0.2, -0.15) is 0 Å². The van der Waals surface area contributed by atoms with E-state index in [1.807, 2.05) is 36.4 Å². The Balaban J connectivity index is 0.00000210. The zero-order valence-corrected chi connectivity index (χ0v) is 15.9. The molecule has 0 amide bonds. The first-order valence-electron chi connectivity index (χ1n) is 8.75. The van der Waals surface area contributed by atoms with Crippen molar-refractivity contribution in [3.05, 3.63) is 102 Å². The summed E-state index contributed by atoms with van der Waals surface area (Å²) >= 11 is 0. The minimum Gasteiger partial charge on any atom is -0.355 e. The summed E-state index contributed by atoms with van der Waals surface area (Å²) in [4.78, 5) is 4.87. The Morgan fingerprint density at radius 2 is 1.48 bits per heavy atom. The lowest BCUT2D eigenvalue weighted by molar-refractivity contribution is 1.33. The minimum absolute atomic E-state index is 0. The van der Waals surface area contributed by atoms with E-state index in [2.05, 4.69) is 72.9 Å². The van der Waals surface area contributed by atoms with Crippen molar-refractivity contribution in [2.75, 3.05) is 5.32 Å². The summed E-state index contributed by atoms with van der Waals surface area (Å²) in [5, 5.41) is 4.67. The zero-order valence-electron chi connectivity index (χ0n) is 15.1. The number of para-hydroxylation sites is 2. The summed E-state index contributed by atoms with van der Waals surface area (Å²) < 4.78 is 0. The number of anilines is 2. The molecule has 0 aliphatic heterocycles. The summed E-state index contributed by atoms with van der Waals surface area (Å²) in [5.74, 6) is 0. The van der Waals surface area contributed by atoms with E-state index in [-0.39, 0.29) is 12.4 Å². The summed E-state index contributed by atoms with van der Waals surface area (Å²) in [5.41, 5.74) is 6.44. The van der Waals surface area contributed by atoms with Crippen molar-refractivity contribution in [1.82, 2.24) is 4.98 Å². The number of aryl methyl sites for hydroxylation is 1. The average molecular weight is 373 g/mol. The first kappa shape index (κ1) is 18.7. The van der Waals surface area contributed by atoms with Crippen LogP contribution >= 0.6 is 12.4 Å². The first-order chi connectivity index (χ1) is 12.8. The van der Waals surface area contributed by atoms with Crippen LogP contribution < -0.4 is 5.32 Å². The van der Waals surface area contributed by atoms with Crippen LogP contribution in [0.4, 0.5) is 11.4 Å². The van der Waals surface area contributed by atoms with Gasteiger partial charge in [-0.25, -0.2) is 4.98 Å². The highest BCUT2D eigenvalue weighted by Gasteiger charge is 2.07. The second-order valence-electron chi connectivity index (χ2n) is 6.30. The molecular formula is C24H21ClN2. The van der Waals surface area contributed by atoms with E-state index in [1.54, 1.807) is 0 Å². The third-order valence-electron chi connectivity index (χ3n) is 4.36. The number of pyridine rings is 1. The maximum Gasteiger partial charge on any atom is 0.0759 e. The lowest BCUT2D eigenvalue weighted by atomic mass is 10.1. The quantitative estimate of drug-likeness (QED) is 0.422. The van der Waals surface area contributed by atoms with Crippen molar-refractivity contribution in [2.24, 2.45) is 0 Å². The minimum atomic E-state index is 0. The van der Waals surface area contributed by atoms with Gasteiger partial charge in [0.2, 0.25) is 0 Å². The van der Waals surface area contributed by atoms with Gasteiger partial charge >= 0.3 is 0 Å². The Bertz CT molecular complexity index is 1060. The Labute approximate surface area is 166 Å². The first-order valence-corrected chi connectivity index (χ1v) is 8.75. The van der Waals surface area contributed by atoms with Gasteiger partial charge in [-0.3, -0.25) is 0 Å². The molecule has 0 spiro atoms. The molecule has 3 aromatic carbocycles. The molecule has 1 aromatic heterocycles. The summed E-state index contributed by atoms with van der Waals surface area (Å²) in [6.45, 7) is 2.10. The van der Waals surface area contributed by atoms with Gasteiger partial charge in [0, 0.05) is 11.1 Å². The normalized spacial score (nSPS) is 10.7. The highest BCUT2D eigenvalue weighted by Crippen LogP contribution is 2.29. The van der Waals surface area contributed by atoms with Crippen molar-refractivity contribution in [3.8, 4) is 0 Å². The van der Waals surface area contributed by atoms with Crippen LogP contribution in [0.1, 0.15) is 16.8 Å². The van der Waals surface area contributed by atoms with Crippen LogP contribution in [0.3, 0.4) is 0 Å². The highest BCUT2D eigenvalue weighted by atomic mass is 35.5. The topological polar surface area (TPSA) is 24.9 Å². The fraction of sp³-hybridized carbons (Fsp3) is 0.0417. The zero-order chi connectivity index (χ0) is 17.8. The molecule has 0 atom stereocenters. The average Bonchev–Trinajstić information content (AvgIpc) is 2.69. The Hall–Kier alpha value is -3.10. The molecule has 2 nitrogen and oxygen atoms in total. The molecule has 0 aliphatic rings. The molecule has 0 saturated heterocycles. The predicted octanol–water partition coefficient (Wildman–Crippen LogP) is 6.88. The molecule has 134 valence electrons. The molecule has 0 bridgehead atoms. The number of nitrogens with one attached hydrogen (secondary N) is 1. The largest absolute Gasteiger partial charge is 0.355 e. The van der Waals surface area contributed by atoms with Crippen LogP contribution in [-0.4, -0.2) is 4.98 Å². The molecular weight excluding hydrogens is 352 g/mol. The van der Waals surface area contributed by atoms with Crippen LogP contribution in [-0.2, 0) is 0 Å². The third kappa shape index (κ3) is 4.36. The fourth-order valence-electron chi connectivity index (χ4n) is 3.02. The number of aromatic nitrogens is 1. The van der Waals surface area contributed by atoms with E-state index in [9.17, 15) is 0 Å². The molecule has 0 radical (unpaired) electrons. The second-order valence-corrected chi connectivity index (χ2v) is 6.30. The second kappa shape index (κ2) is 8.52.